The van der Waals surface area contributed by atoms with E-state index in [1.807, 2.05) is 0 Å². The molecule has 42 valence electrons. The van der Waals surface area contributed by atoms with E-state index in [2.05, 4.69) is 0 Å². The number of rotatable bonds is 0. The Hall–Kier alpha value is 0.566. The molecule has 0 aromatic carbocycles. The Kier molecular flexibility index (Phi) is 146. The summed E-state index contributed by atoms with van der Waals surface area (Å²) in [7, 11) is 0. The summed E-state index contributed by atoms with van der Waals surface area (Å²) in [6.45, 7) is 0. The Morgan fingerprint density at radius 3 is 1.12 bits per heavy atom. The second kappa shape index (κ2) is 49.5. The van der Waals surface area contributed by atoms with Gasteiger partial charge < -0.3 is 14.7 Å². The Bertz CT molecular complexity index is 44.3. The van der Waals surface area contributed by atoms with E-state index in [-0.39, 0.29) is 56.9 Å². The van der Waals surface area contributed by atoms with E-state index >= 15 is 0 Å². The van der Waals surface area contributed by atoms with Crippen LogP contribution in [0.15, 0.2) is 10.7 Å². The Labute approximate surface area is 87.4 Å². The molecule has 0 unspecified atom stereocenters. The Morgan fingerprint density at radius 1 is 1.12 bits per heavy atom. The molecule has 0 saturated carbocycles. The van der Waals surface area contributed by atoms with E-state index in [0.29, 0.717) is 0 Å². The van der Waals surface area contributed by atoms with Crippen LogP contribution < -0.4 is 29.6 Å². The van der Waals surface area contributed by atoms with Gasteiger partial charge >= 0.3 is 52.6 Å². The summed E-state index contributed by atoms with van der Waals surface area (Å²) in [6.07, 6.45) is 0. The molecule has 0 amide bonds. The summed E-state index contributed by atoms with van der Waals surface area (Å²) >= 11 is 0. The molecule has 0 heterocycles. The van der Waals surface area contributed by atoms with Gasteiger partial charge in [-0.25, -0.2) is 0 Å². The maximum absolute atomic E-state index is 8.11. The minimum absolute atomic E-state index is 0. The molecular formula is H5MgN2NaO4. The van der Waals surface area contributed by atoms with Gasteiger partial charge in [0, 0.05) is 0 Å². The van der Waals surface area contributed by atoms with Crippen molar-refractivity contribution in [2.75, 3.05) is 0 Å². The third-order valence-electron chi connectivity index (χ3n) is 0. The fraction of sp³-hybridized carbons (Fsp3) is 0. The molecule has 0 atom stereocenters. The third-order valence-corrected chi connectivity index (χ3v) is 0. The topological polar surface area (TPSA) is 99.3 Å². The molecule has 0 rings (SSSR count). The molecule has 0 aliphatic heterocycles. The van der Waals surface area contributed by atoms with Crippen LogP contribution in [0, 0.1) is 9.81 Å². The van der Waals surface area contributed by atoms with Gasteiger partial charge in [-0.1, -0.05) is 0 Å². The van der Waals surface area contributed by atoms with E-state index < -0.39 is 0 Å². The molecule has 8 heavy (non-hydrogen) atoms. The predicted octanol–water partition coefficient (Wildman–Crippen LogP) is -2.76. The summed E-state index contributed by atoms with van der Waals surface area (Å²) in [6, 6.07) is 0. The van der Waals surface area contributed by atoms with Gasteiger partial charge in [-0.2, -0.15) is 0 Å². The van der Waals surface area contributed by atoms with Crippen LogP contribution in [-0.2, 0) is 0 Å². The first-order valence-corrected chi connectivity index (χ1v) is 0.765. The maximum atomic E-state index is 8.11. The molecule has 0 aromatic heterocycles. The number of nitrogens with zero attached hydrogens (tertiary/aromatic N) is 2. The van der Waals surface area contributed by atoms with Crippen molar-refractivity contribution in [3.05, 3.63) is 9.81 Å². The molecule has 8 heteroatoms. The summed E-state index contributed by atoms with van der Waals surface area (Å²) < 4.78 is 0. The zero-order valence-corrected chi connectivity index (χ0v) is 7.73. The van der Waals surface area contributed by atoms with Crippen LogP contribution in [0.2, 0.25) is 0 Å². The van der Waals surface area contributed by atoms with Crippen LogP contribution >= 0.6 is 0 Å². The van der Waals surface area contributed by atoms with Crippen LogP contribution in [0.4, 0.5) is 0 Å². The minimum atomic E-state index is 0. The zero-order valence-electron chi connectivity index (χ0n) is 7.31. The maximum Gasteiger partial charge on any atom is 2.00 e. The molecule has 0 aromatic rings. The smallest absolute Gasteiger partial charge is 1.00 e. The van der Waals surface area contributed by atoms with Crippen LogP contribution in [0.25, 0.3) is 0 Å². The van der Waals surface area contributed by atoms with Crippen molar-refractivity contribution >= 4 is 23.1 Å². The molecule has 0 saturated heterocycles. The average Bonchev–Trinajstić information content (AvgIpc) is 1.39. The molecular weight excluding hydrogens is 139 g/mol. The zero-order chi connectivity index (χ0) is 5.41. The van der Waals surface area contributed by atoms with Crippen molar-refractivity contribution < 1.29 is 44.3 Å². The van der Waals surface area contributed by atoms with Crippen molar-refractivity contribution in [2.24, 2.45) is 10.7 Å². The van der Waals surface area contributed by atoms with Crippen molar-refractivity contribution in [1.82, 2.24) is 0 Å². The molecule has 6 nitrogen and oxygen atoms in total. The normalized spacial score (nSPS) is 3.00. The van der Waals surface area contributed by atoms with Crippen LogP contribution in [0.1, 0.15) is 4.28 Å². The first-order valence-electron chi connectivity index (χ1n) is 0.765. The largest absolute Gasteiger partial charge is 2.00 e. The summed E-state index contributed by atoms with van der Waals surface area (Å²) in [5.41, 5.74) is 0. The predicted molar refractivity (Wildman–Crippen MR) is 24.3 cm³/mol. The molecule has 0 aliphatic carbocycles. The van der Waals surface area contributed by atoms with E-state index in [1.54, 1.807) is 0 Å². The van der Waals surface area contributed by atoms with Gasteiger partial charge in [-0.3, -0.25) is 0 Å². The van der Waals surface area contributed by atoms with Crippen molar-refractivity contribution in [1.29, 1.82) is 0 Å². The summed E-state index contributed by atoms with van der Waals surface area (Å²) in [5, 5.41) is 15.8. The third kappa shape index (κ3) is 635. The quantitative estimate of drug-likeness (QED) is 0.219. The SMILES string of the molecule is O=NO.O=NO.[H-].[H-].[H-].[Mg+2].[Na+]. The van der Waals surface area contributed by atoms with Crippen LogP contribution in [-0.4, -0.2) is 33.5 Å². The summed E-state index contributed by atoms with van der Waals surface area (Å²) in [4.78, 5) is 16.2. The van der Waals surface area contributed by atoms with Crippen LogP contribution in [0.3, 0.4) is 0 Å². The monoisotopic (exact) mass is 144 g/mol. The van der Waals surface area contributed by atoms with Gasteiger partial charge in [0.1, 0.15) is 0 Å². The van der Waals surface area contributed by atoms with Gasteiger partial charge in [-0.15, -0.1) is 9.81 Å². The second-order valence-electron chi connectivity index (χ2n) is 0.163. The fourth-order valence-corrected chi connectivity index (χ4v) is 0. The van der Waals surface area contributed by atoms with E-state index in [0.717, 1.165) is 0 Å². The molecule has 0 radical (unpaired) electrons. The van der Waals surface area contributed by atoms with E-state index in [1.165, 1.54) is 10.7 Å². The van der Waals surface area contributed by atoms with Gasteiger partial charge in [-0.05, 0) is 0 Å². The molecule has 0 bridgehead atoms. The van der Waals surface area contributed by atoms with Gasteiger partial charge in [0.25, 0.3) is 0 Å². The van der Waals surface area contributed by atoms with Crippen molar-refractivity contribution in [3.8, 4) is 0 Å². The van der Waals surface area contributed by atoms with Crippen molar-refractivity contribution in [2.45, 2.75) is 0 Å². The van der Waals surface area contributed by atoms with E-state index in [4.69, 9.17) is 20.2 Å². The van der Waals surface area contributed by atoms with Gasteiger partial charge in [0.05, 0.1) is 0 Å². The number of hydrogen-bond acceptors (Lipinski definition) is 4. The standard InChI is InChI=1S/Mg.2HNO2.Na.3H/c;2*2-1-3;;;;/h;2*(H,2,3);;;;/q+2;;;+1;3*-1. The average molecular weight is 144 g/mol. The molecule has 0 fully saturated rings. The molecule has 0 aliphatic rings. The number of hydrogen-bond donors (Lipinski definition) is 2. The Morgan fingerprint density at radius 2 is 1.12 bits per heavy atom. The molecule has 2 N–H and O–H groups in total. The Balaban J connectivity index is -0.00000000400. The van der Waals surface area contributed by atoms with Gasteiger partial charge in [0.15, 0.2) is 10.7 Å². The molecule has 0 spiro atoms. The van der Waals surface area contributed by atoms with E-state index in [9.17, 15) is 0 Å². The van der Waals surface area contributed by atoms with Gasteiger partial charge in [0.2, 0.25) is 0 Å². The first-order chi connectivity index (χ1) is 2.83. The minimum Gasteiger partial charge on any atom is -1.00 e. The first kappa shape index (κ1) is 23.5. The second-order valence-corrected chi connectivity index (χ2v) is 0.163. The fourth-order valence-electron chi connectivity index (χ4n) is 0. The van der Waals surface area contributed by atoms with Crippen molar-refractivity contribution in [3.63, 3.8) is 0 Å². The van der Waals surface area contributed by atoms with Crippen LogP contribution in [0.5, 0.6) is 0 Å². The summed E-state index contributed by atoms with van der Waals surface area (Å²) in [5.74, 6) is 0.